The summed E-state index contributed by atoms with van der Waals surface area (Å²) in [6.45, 7) is 0.829. The summed E-state index contributed by atoms with van der Waals surface area (Å²) in [5.74, 6) is 0. The van der Waals surface area contributed by atoms with E-state index in [1.165, 1.54) is 0 Å². The fourth-order valence-corrected chi connectivity index (χ4v) is 1.62. The van der Waals surface area contributed by atoms with Gasteiger partial charge in [0.25, 0.3) is 0 Å². The predicted molar refractivity (Wildman–Crippen MR) is 57.4 cm³/mol. The molecule has 0 aliphatic carbocycles. The van der Waals surface area contributed by atoms with Crippen LogP contribution in [0.2, 0.25) is 0 Å². The van der Waals surface area contributed by atoms with Crippen LogP contribution in [-0.2, 0) is 6.54 Å². The molecule has 1 aromatic carbocycles. The van der Waals surface area contributed by atoms with E-state index >= 15 is 0 Å². The van der Waals surface area contributed by atoms with Crippen molar-refractivity contribution >= 4 is 17.4 Å². The first-order valence-electron chi connectivity index (χ1n) is 4.76. The van der Waals surface area contributed by atoms with Crippen LogP contribution < -0.4 is 11.1 Å². The summed E-state index contributed by atoms with van der Waals surface area (Å²) < 4.78 is 0. The number of nitrogen functional groups attached to an aromatic ring is 1. The first-order chi connectivity index (χ1) is 7.20. The van der Waals surface area contributed by atoms with Crippen molar-refractivity contribution in [2.45, 2.75) is 6.54 Å². The number of urea groups is 1. The Labute approximate surface area is 87.5 Å². The van der Waals surface area contributed by atoms with Crippen LogP contribution in [0.15, 0.2) is 18.2 Å². The molecule has 0 unspecified atom stereocenters. The van der Waals surface area contributed by atoms with E-state index in [2.05, 4.69) is 5.32 Å². The first-order valence-corrected chi connectivity index (χ1v) is 4.76. The number of nitrogens with zero attached hydrogens (tertiary/aromatic N) is 1. The summed E-state index contributed by atoms with van der Waals surface area (Å²) in [6.07, 6.45) is 0. The van der Waals surface area contributed by atoms with Crippen LogP contribution in [0.3, 0.4) is 0 Å². The van der Waals surface area contributed by atoms with Gasteiger partial charge in [0, 0.05) is 24.5 Å². The van der Waals surface area contributed by atoms with E-state index in [1.807, 2.05) is 6.07 Å². The second-order valence-electron chi connectivity index (χ2n) is 3.49. The summed E-state index contributed by atoms with van der Waals surface area (Å²) in [6, 6.07) is 5.23. The minimum atomic E-state index is -0.192. The Morgan fingerprint density at radius 1 is 1.53 bits per heavy atom. The summed E-state index contributed by atoms with van der Waals surface area (Å²) in [5.41, 5.74) is 8.01. The molecule has 2 amide bonds. The number of anilines is 2. The van der Waals surface area contributed by atoms with Crippen LogP contribution in [0, 0.1) is 0 Å². The Hall–Kier alpha value is -1.75. The lowest BCUT2D eigenvalue weighted by molar-refractivity contribution is 0.183. The zero-order valence-electron chi connectivity index (χ0n) is 8.23. The molecule has 0 radical (unpaired) electrons. The molecule has 0 saturated carbocycles. The van der Waals surface area contributed by atoms with Gasteiger partial charge in [0.05, 0.1) is 6.61 Å². The number of aliphatic hydroxyl groups excluding tert-OH is 1. The zero-order chi connectivity index (χ0) is 10.8. The molecule has 0 fully saturated rings. The number of nitrogens with two attached hydrogens (primary N) is 1. The summed E-state index contributed by atoms with van der Waals surface area (Å²) >= 11 is 0. The van der Waals surface area contributed by atoms with E-state index in [0.717, 1.165) is 11.3 Å². The van der Waals surface area contributed by atoms with Crippen LogP contribution in [0.5, 0.6) is 0 Å². The molecule has 0 saturated heterocycles. The third-order valence-corrected chi connectivity index (χ3v) is 2.39. The topological polar surface area (TPSA) is 78.6 Å². The maximum atomic E-state index is 11.5. The molecular formula is C10H13N3O2. The molecular weight excluding hydrogens is 194 g/mol. The number of β-amino-alcohol motifs (C(OH)–C–C–N with tert-alkyl or cyclic N) is 1. The van der Waals surface area contributed by atoms with Crippen molar-refractivity contribution in [3.63, 3.8) is 0 Å². The number of nitrogens with one attached hydrogen (secondary N) is 1. The van der Waals surface area contributed by atoms with Gasteiger partial charge in [-0.05, 0) is 17.7 Å². The molecule has 1 aliphatic rings. The van der Waals surface area contributed by atoms with Gasteiger partial charge in [0.2, 0.25) is 0 Å². The number of fused-ring (bicyclic) bond motifs is 1. The van der Waals surface area contributed by atoms with Gasteiger partial charge in [0.15, 0.2) is 0 Å². The summed E-state index contributed by atoms with van der Waals surface area (Å²) in [4.78, 5) is 13.1. The van der Waals surface area contributed by atoms with Gasteiger partial charge in [-0.2, -0.15) is 0 Å². The lowest BCUT2D eigenvalue weighted by Crippen LogP contribution is -2.40. The highest BCUT2D eigenvalue weighted by Gasteiger charge is 2.21. The highest BCUT2D eigenvalue weighted by atomic mass is 16.3. The second-order valence-corrected chi connectivity index (χ2v) is 3.49. The highest BCUT2D eigenvalue weighted by molar-refractivity contribution is 5.92. The number of aliphatic hydroxyl groups is 1. The quantitative estimate of drug-likeness (QED) is 0.622. The maximum absolute atomic E-state index is 11.5. The molecule has 15 heavy (non-hydrogen) atoms. The molecule has 0 atom stereocenters. The third kappa shape index (κ3) is 1.87. The van der Waals surface area contributed by atoms with Gasteiger partial charge in [-0.3, -0.25) is 0 Å². The van der Waals surface area contributed by atoms with Crippen LogP contribution in [0.4, 0.5) is 16.2 Å². The smallest absolute Gasteiger partial charge is 0.322 e. The molecule has 5 heteroatoms. The summed E-state index contributed by atoms with van der Waals surface area (Å²) in [5, 5.41) is 11.5. The molecule has 2 rings (SSSR count). The van der Waals surface area contributed by atoms with E-state index in [1.54, 1.807) is 17.0 Å². The average molecular weight is 207 g/mol. The average Bonchev–Trinajstić information content (AvgIpc) is 2.20. The Balaban J connectivity index is 2.26. The van der Waals surface area contributed by atoms with Gasteiger partial charge < -0.3 is 21.1 Å². The second kappa shape index (κ2) is 3.78. The standard InChI is InChI=1S/C10H13N3O2/c11-8-2-1-7-6-13(3-4-14)10(15)12-9(7)5-8/h1-2,5,14H,3-4,6,11H2,(H,12,15). The van der Waals surface area contributed by atoms with Crippen molar-refractivity contribution in [3.05, 3.63) is 23.8 Å². The Morgan fingerprint density at radius 2 is 2.33 bits per heavy atom. The molecule has 0 bridgehead atoms. The molecule has 1 aromatic rings. The largest absolute Gasteiger partial charge is 0.399 e. The number of carbonyl (C=O) groups excluding carboxylic acids is 1. The SMILES string of the molecule is Nc1ccc2c(c1)NC(=O)N(CCO)C2. The monoisotopic (exact) mass is 207 g/mol. The molecule has 1 aliphatic heterocycles. The molecule has 0 spiro atoms. The number of amides is 2. The van der Waals surface area contributed by atoms with Crippen LogP contribution in [-0.4, -0.2) is 29.2 Å². The van der Waals surface area contributed by atoms with Crippen LogP contribution in [0.1, 0.15) is 5.56 Å². The van der Waals surface area contributed by atoms with Crippen LogP contribution >= 0.6 is 0 Å². The summed E-state index contributed by atoms with van der Waals surface area (Å²) in [7, 11) is 0. The van der Waals surface area contributed by atoms with Crippen molar-refractivity contribution < 1.29 is 9.90 Å². The van der Waals surface area contributed by atoms with E-state index in [-0.39, 0.29) is 12.6 Å². The van der Waals surface area contributed by atoms with Crippen LogP contribution in [0.25, 0.3) is 0 Å². The van der Waals surface area contributed by atoms with Crippen molar-refractivity contribution in [1.82, 2.24) is 4.90 Å². The van der Waals surface area contributed by atoms with E-state index in [4.69, 9.17) is 10.8 Å². The fourth-order valence-electron chi connectivity index (χ4n) is 1.62. The van der Waals surface area contributed by atoms with Crippen molar-refractivity contribution in [2.24, 2.45) is 0 Å². The Kier molecular flexibility index (Phi) is 2.47. The number of hydrogen-bond donors (Lipinski definition) is 3. The van der Waals surface area contributed by atoms with Gasteiger partial charge in [-0.15, -0.1) is 0 Å². The predicted octanol–water partition coefficient (Wildman–Crippen LogP) is 0.609. The lowest BCUT2D eigenvalue weighted by Gasteiger charge is -2.28. The minimum absolute atomic E-state index is 0.0300. The van der Waals surface area contributed by atoms with Gasteiger partial charge in [-0.1, -0.05) is 6.07 Å². The lowest BCUT2D eigenvalue weighted by atomic mass is 10.1. The molecule has 0 aromatic heterocycles. The maximum Gasteiger partial charge on any atom is 0.322 e. The molecule has 80 valence electrons. The number of rotatable bonds is 2. The first kappa shape index (κ1) is 9.79. The Morgan fingerprint density at radius 3 is 3.07 bits per heavy atom. The van der Waals surface area contributed by atoms with E-state index < -0.39 is 0 Å². The fraction of sp³-hybridized carbons (Fsp3) is 0.300. The molecule has 5 nitrogen and oxygen atoms in total. The van der Waals surface area contributed by atoms with E-state index in [0.29, 0.717) is 18.8 Å². The van der Waals surface area contributed by atoms with Crippen molar-refractivity contribution in [3.8, 4) is 0 Å². The Bertz CT molecular complexity index is 392. The number of benzene rings is 1. The van der Waals surface area contributed by atoms with Crippen molar-refractivity contribution in [2.75, 3.05) is 24.2 Å². The highest BCUT2D eigenvalue weighted by Crippen LogP contribution is 2.25. The third-order valence-electron chi connectivity index (χ3n) is 2.39. The van der Waals surface area contributed by atoms with E-state index in [9.17, 15) is 4.79 Å². The minimum Gasteiger partial charge on any atom is -0.399 e. The zero-order valence-corrected chi connectivity index (χ0v) is 8.23. The van der Waals surface area contributed by atoms with Crippen molar-refractivity contribution in [1.29, 1.82) is 0 Å². The van der Waals surface area contributed by atoms with Gasteiger partial charge >= 0.3 is 6.03 Å². The molecule has 1 heterocycles. The molecule has 4 N–H and O–H groups in total. The number of carbonyl (C=O) groups is 1. The van der Waals surface area contributed by atoms with Gasteiger partial charge in [0.1, 0.15) is 0 Å². The van der Waals surface area contributed by atoms with Gasteiger partial charge in [-0.25, -0.2) is 4.79 Å². The number of hydrogen-bond acceptors (Lipinski definition) is 3. The normalized spacial score (nSPS) is 14.7.